The second-order valence-corrected chi connectivity index (χ2v) is 5.35. The summed E-state index contributed by atoms with van der Waals surface area (Å²) < 4.78 is 4.95. The van der Waals surface area contributed by atoms with Gasteiger partial charge in [-0.2, -0.15) is 0 Å². The van der Waals surface area contributed by atoms with Crippen LogP contribution in [-0.2, 0) is 4.74 Å². The van der Waals surface area contributed by atoms with Gasteiger partial charge in [0.1, 0.15) is 0 Å². The third-order valence-electron chi connectivity index (χ3n) is 3.48. The van der Waals surface area contributed by atoms with Crippen LogP contribution in [0.2, 0.25) is 0 Å². The van der Waals surface area contributed by atoms with Gasteiger partial charge in [0.2, 0.25) is 5.78 Å². The summed E-state index contributed by atoms with van der Waals surface area (Å²) in [5.41, 5.74) is 7.53. The van der Waals surface area contributed by atoms with Crippen molar-refractivity contribution in [3.8, 4) is 0 Å². The number of rotatable bonds is 5. The summed E-state index contributed by atoms with van der Waals surface area (Å²) in [5.74, 6) is -1.24. The highest BCUT2D eigenvalue weighted by molar-refractivity contribution is 6.01. The molecule has 0 heterocycles. The summed E-state index contributed by atoms with van der Waals surface area (Å²) in [6.45, 7) is 3.23. The van der Waals surface area contributed by atoms with Crippen molar-refractivity contribution in [2.75, 3.05) is 12.3 Å². The summed E-state index contributed by atoms with van der Waals surface area (Å²) in [6.07, 6.45) is 0. The number of non-ortho nitro benzene ring substituents is 1. The van der Waals surface area contributed by atoms with Gasteiger partial charge < -0.3 is 10.5 Å². The third-order valence-corrected chi connectivity index (χ3v) is 3.48. The molecule has 0 aliphatic rings. The van der Waals surface area contributed by atoms with E-state index in [-0.39, 0.29) is 22.7 Å². The highest BCUT2D eigenvalue weighted by Crippen LogP contribution is 2.20. The minimum atomic E-state index is -0.880. The number of hydrogen-bond donors (Lipinski definition) is 1. The standard InChI is InChI=1S/C17H16N2O5/c1-10-3-5-13(11(2)7-10)16(20)9-24-17(21)14-8-12(19(22)23)4-6-15(14)18/h3-8H,9,18H2,1-2H3. The van der Waals surface area contributed by atoms with Crippen LogP contribution in [0.15, 0.2) is 36.4 Å². The van der Waals surface area contributed by atoms with Crippen molar-refractivity contribution < 1.29 is 19.2 Å². The molecule has 0 amide bonds. The summed E-state index contributed by atoms with van der Waals surface area (Å²) in [6, 6.07) is 8.78. The van der Waals surface area contributed by atoms with Gasteiger partial charge in [-0.05, 0) is 25.5 Å². The predicted molar refractivity (Wildman–Crippen MR) is 88.0 cm³/mol. The van der Waals surface area contributed by atoms with Crippen LogP contribution in [0.25, 0.3) is 0 Å². The van der Waals surface area contributed by atoms with E-state index >= 15 is 0 Å². The average Bonchev–Trinajstić information content (AvgIpc) is 2.52. The molecular formula is C17H16N2O5. The number of nitro benzene ring substituents is 1. The molecule has 0 aliphatic heterocycles. The first kappa shape index (κ1) is 17.1. The highest BCUT2D eigenvalue weighted by atomic mass is 16.6. The first-order chi connectivity index (χ1) is 11.3. The maximum Gasteiger partial charge on any atom is 0.340 e. The Bertz CT molecular complexity index is 830. The van der Waals surface area contributed by atoms with Gasteiger partial charge >= 0.3 is 5.97 Å². The van der Waals surface area contributed by atoms with E-state index in [9.17, 15) is 19.7 Å². The van der Waals surface area contributed by atoms with Crippen molar-refractivity contribution in [3.05, 3.63) is 68.8 Å². The number of benzene rings is 2. The van der Waals surface area contributed by atoms with Crippen molar-refractivity contribution >= 4 is 23.1 Å². The van der Waals surface area contributed by atoms with Crippen molar-refractivity contribution in [1.82, 2.24) is 0 Å². The van der Waals surface area contributed by atoms with Gasteiger partial charge in [0, 0.05) is 23.4 Å². The van der Waals surface area contributed by atoms with Crippen LogP contribution < -0.4 is 5.73 Å². The van der Waals surface area contributed by atoms with Crippen LogP contribution in [0, 0.1) is 24.0 Å². The smallest absolute Gasteiger partial charge is 0.340 e. The quantitative estimate of drug-likeness (QED) is 0.297. The lowest BCUT2D eigenvalue weighted by atomic mass is 10.0. The lowest BCUT2D eigenvalue weighted by Gasteiger charge is -2.08. The van der Waals surface area contributed by atoms with E-state index < -0.39 is 17.5 Å². The Labute approximate surface area is 138 Å². The van der Waals surface area contributed by atoms with E-state index in [4.69, 9.17) is 10.5 Å². The number of Topliss-reactive ketones (excluding diaryl/α,β-unsaturated/α-hetero) is 1. The second kappa shape index (κ2) is 6.91. The molecule has 0 saturated heterocycles. The molecular weight excluding hydrogens is 312 g/mol. The number of nitrogens with two attached hydrogens (primary N) is 1. The summed E-state index contributed by atoms with van der Waals surface area (Å²) >= 11 is 0. The van der Waals surface area contributed by atoms with Crippen LogP contribution in [0.4, 0.5) is 11.4 Å². The van der Waals surface area contributed by atoms with E-state index in [1.807, 2.05) is 13.0 Å². The van der Waals surface area contributed by atoms with Crippen LogP contribution in [0.3, 0.4) is 0 Å². The van der Waals surface area contributed by atoms with Crippen LogP contribution >= 0.6 is 0 Å². The second-order valence-electron chi connectivity index (χ2n) is 5.35. The molecule has 2 aromatic carbocycles. The molecule has 0 aromatic heterocycles. The number of nitrogen functional groups attached to an aromatic ring is 1. The van der Waals surface area contributed by atoms with Gasteiger partial charge in [-0.3, -0.25) is 14.9 Å². The first-order valence-corrected chi connectivity index (χ1v) is 7.11. The molecule has 2 N–H and O–H groups in total. The van der Waals surface area contributed by atoms with Crippen molar-refractivity contribution in [3.63, 3.8) is 0 Å². The van der Waals surface area contributed by atoms with Crippen molar-refractivity contribution in [1.29, 1.82) is 0 Å². The highest BCUT2D eigenvalue weighted by Gasteiger charge is 2.18. The molecule has 0 bridgehead atoms. The molecule has 124 valence electrons. The molecule has 0 unspecified atom stereocenters. The zero-order chi connectivity index (χ0) is 17.9. The van der Waals surface area contributed by atoms with E-state index in [2.05, 4.69) is 0 Å². The van der Waals surface area contributed by atoms with Crippen molar-refractivity contribution in [2.45, 2.75) is 13.8 Å². The first-order valence-electron chi connectivity index (χ1n) is 7.11. The number of ketones is 1. The Hall–Kier alpha value is -3.22. The maximum atomic E-state index is 12.2. The Morgan fingerprint density at radius 2 is 1.83 bits per heavy atom. The zero-order valence-corrected chi connectivity index (χ0v) is 13.2. The Morgan fingerprint density at radius 1 is 1.12 bits per heavy atom. The Kier molecular flexibility index (Phi) is 4.93. The zero-order valence-electron chi connectivity index (χ0n) is 13.2. The van der Waals surface area contributed by atoms with E-state index in [1.165, 1.54) is 12.1 Å². The predicted octanol–water partition coefficient (Wildman–Crippen LogP) is 2.83. The molecule has 0 aliphatic carbocycles. The Morgan fingerprint density at radius 3 is 2.46 bits per heavy atom. The molecule has 7 heteroatoms. The fraction of sp³-hybridized carbons (Fsp3) is 0.176. The van der Waals surface area contributed by atoms with Crippen LogP contribution in [0.5, 0.6) is 0 Å². The van der Waals surface area contributed by atoms with Gasteiger partial charge in [-0.15, -0.1) is 0 Å². The molecule has 0 saturated carbocycles. The number of anilines is 1. The molecule has 0 spiro atoms. The lowest BCUT2D eigenvalue weighted by Crippen LogP contribution is -2.16. The number of nitro groups is 1. The number of carbonyl (C=O) groups is 2. The Balaban J connectivity index is 2.12. The molecule has 7 nitrogen and oxygen atoms in total. The summed E-state index contributed by atoms with van der Waals surface area (Å²) in [4.78, 5) is 34.3. The van der Waals surface area contributed by atoms with Gasteiger partial charge in [0.25, 0.3) is 5.69 Å². The van der Waals surface area contributed by atoms with Crippen molar-refractivity contribution in [2.24, 2.45) is 0 Å². The monoisotopic (exact) mass is 328 g/mol. The maximum absolute atomic E-state index is 12.2. The number of ether oxygens (including phenoxy) is 1. The average molecular weight is 328 g/mol. The summed E-state index contributed by atoms with van der Waals surface area (Å²) in [5, 5.41) is 10.8. The third kappa shape index (κ3) is 3.75. The summed E-state index contributed by atoms with van der Waals surface area (Å²) in [7, 11) is 0. The molecule has 24 heavy (non-hydrogen) atoms. The minimum absolute atomic E-state index is 0.0459. The molecule has 0 atom stereocenters. The SMILES string of the molecule is Cc1ccc(C(=O)COC(=O)c2cc([N+](=O)[O-])ccc2N)c(C)c1. The largest absolute Gasteiger partial charge is 0.454 e. The molecule has 2 rings (SSSR count). The number of hydrogen-bond acceptors (Lipinski definition) is 6. The lowest BCUT2D eigenvalue weighted by molar-refractivity contribution is -0.384. The van der Waals surface area contributed by atoms with Gasteiger partial charge in [-0.1, -0.05) is 23.8 Å². The fourth-order valence-electron chi connectivity index (χ4n) is 2.25. The minimum Gasteiger partial charge on any atom is -0.454 e. The molecule has 0 fully saturated rings. The van der Waals surface area contributed by atoms with E-state index in [0.717, 1.165) is 17.2 Å². The molecule has 2 aromatic rings. The van der Waals surface area contributed by atoms with Crippen LogP contribution in [-0.4, -0.2) is 23.3 Å². The topological polar surface area (TPSA) is 113 Å². The number of nitrogens with zero attached hydrogens (tertiary/aromatic N) is 1. The van der Waals surface area contributed by atoms with Crippen LogP contribution in [0.1, 0.15) is 31.8 Å². The van der Waals surface area contributed by atoms with E-state index in [0.29, 0.717) is 5.56 Å². The van der Waals surface area contributed by atoms with Gasteiger partial charge in [0.15, 0.2) is 6.61 Å². The normalized spacial score (nSPS) is 10.2. The van der Waals surface area contributed by atoms with Gasteiger partial charge in [0.05, 0.1) is 10.5 Å². The number of aryl methyl sites for hydroxylation is 2. The number of carbonyl (C=O) groups excluding carboxylic acids is 2. The van der Waals surface area contributed by atoms with E-state index in [1.54, 1.807) is 19.1 Å². The van der Waals surface area contributed by atoms with Gasteiger partial charge in [-0.25, -0.2) is 4.79 Å². The molecule has 0 radical (unpaired) electrons. The number of esters is 1. The fourth-order valence-corrected chi connectivity index (χ4v) is 2.25.